The second kappa shape index (κ2) is 10.2. The molecule has 0 aliphatic carbocycles. The van der Waals surface area contributed by atoms with Crippen LogP contribution < -0.4 is 5.32 Å². The molecule has 2 aromatic carbocycles. The molecule has 1 aromatic heterocycles. The van der Waals surface area contributed by atoms with Gasteiger partial charge in [0, 0.05) is 12.6 Å². The van der Waals surface area contributed by atoms with Crippen molar-refractivity contribution in [2.24, 2.45) is 0 Å². The Kier molecular flexibility index (Phi) is 7.44. The van der Waals surface area contributed by atoms with Gasteiger partial charge in [-0.05, 0) is 36.1 Å². The van der Waals surface area contributed by atoms with Crippen LogP contribution in [0.1, 0.15) is 15.2 Å². The molecule has 0 aliphatic heterocycles. The lowest BCUT2D eigenvalue weighted by atomic mass is 10.1. The van der Waals surface area contributed by atoms with Gasteiger partial charge in [-0.2, -0.15) is 0 Å². The van der Waals surface area contributed by atoms with E-state index >= 15 is 0 Å². The summed E-state index contributed by atoms with van der Waals surface area (Å²) < 4.78 is 5.20. The number of hydrogen-bond acceptors (Lipinski definition) is 5. The molecule has 31 heavy (non-hydrogen) atoms. The fraction of sp³-hybridized carbons (Fsp3) is 0.174. The van der Waals surface area contributed by atoms with Gasteiger partial charge in [0.15, 0.2) is 6.61 Å². The third-order valence-corrected chi connectivity index (χ3v) is 5.72. The van der Waals surface area contributed by atoms with Gasteiger partial charge in [0.2, 0.25) is 5.91 Å². The Balaban J connectivity index is 1.54. The summed E-state index contributed by atoms with van der Waals surface area (Å²) in [5.74, 6) is -1.47. The van der Waals surface area contributed by atoms with E-state index in [1.807, 2.05) is 37.3 Å². The minimum absolute atomic E-state index is 0.199. The van der Waals surface area contributed by atoms with Crippen molar-refractivity contribution in [3.63, 3.8) is 0 Å². The molecule has 6 nitrogen and oxygen atoms in total. The van der Waals surface area contributed by atoms with Gasteiger partial charge < -0.3 is 15.0 Å². The first-order chi connectivity index (χ1) is 14.8. The molecule has 0 spiro atoms. The predicted octanol–water partition coefficient (Wildman–Crippen LogP) is 4.63. The molecule has 3 aromatic rings. The molecule has 1 N–H and O–H groups in total. The zero-order valence-electron chi connectivity index (χ0n) is 17.1. The van der Waals surface area contributed by atoms with Gasteiger partial charge in [0.25, 0.3) is 5.91 Å². The summed E-state index contributed by atoms with van der Waals surface area (Å²) in [6.45, 7) is 1.33. The number of carbonyl (C=O) groups is 3. The number of para-hydroxylation sites is 1. The molecule has 1 heterocycles. The Hall–Kier alpha value is -3.16. The highest BCUT2D eigenvalue weighted by molar-refractivity contribution is 7.12. The second-order valence-corrected chi connectivity index (χ2v) is 8.21. The number of hydrogen-bond donors (Lipinski definition) is 1. The molecule has 0 aliphatic rings. The Labute approximate surface area is 189 Å². The molecule has 0 atom stereocenters. The summed E-state index contributed by atoms with van der Waals surface area (Å²) in [5, 5.41) is 4.85. The summed E-state index contributed by atoms with van der Waals surface area (Å²) in [6.07, 6.45) is 0. The van der Waals surface area contributed by atoms with Crippen LogP contribution in [0.3, 0.4) is 0 Å². The summed E-state index contributed by atoms with van der Waals surface area (Å²) >= 11 is 7.27. The number of aryl methyl sites for hydroxylation is 1. The maximum Gasteiger partial charge on any atom is 0.349 e. The lowest BCUT2D eigenvalue weighted by molar-refractivity contribution is -0.136. The topological polar surface area (TPSA) is 75.7 Å². The Morgan fingerprint density at radius 2 is 1.77 bits per heavy atom. The Morgan fingerprint density at radius 1 is 1.06 bits per heavy atom. The van der Waals surface area contributed by atoms with E-state index in [1.54, 1.807) is 29.6 Å². The van der Waals surface area contributed by atoms with Crippen LogP contribution >= 0.6 is 22.9 Å². The van der Waals surface area contributed by atoms with Gasteiger partial charge in [-0.25, -0.2) is 4.79 Å². The number of ether oxygens (including phenoxy) is 1. The van der Waals surface area contributed by atoms with Crippen molar-refractivity contribution in [2.45, 2.75) is 6.92 Å². The highest BCUT2D eigenvalue weighted by atomic mass is 35.5. The first-order valence-corrected chi connectivity index (χ1v) is 10.7. The summed E-state index contributed by atoms with van der Waals surface area (Å²) in [5.41, 5.74) is 3.24. The molecule has 8 heteroatoms. The molecule has 160 valence electrons. The third kappa shape index (κ3) is 5.93. The SMILES string of the molecule is Cc1ccc(-c2ccsc2C(=O)OCC(=O)N(C)CC(=O)Nc2ccccc2Cl)cc1. The largest absolute Gasteiger partial charge is 0.451 e. The van der Waals surface area contributed by atoms with Crippen LogP contribution in [0.15, 0.2) is 60.0 Å². The monoisotopic (exact) mass is 456 g/mol. The van der Waals surface area contributed by atoms with Crippen molar-refractivity contribution in [3.05, 3.63) is 75.4 Å². The minimum atomic E-state index is -0.576. The van der Waals surface area contributed by atoms with Crippen LogP contribution in [0, 0.1) is 6.92 Å². The number of rotatable bonds is 7. The Morgan fingerprint density at radius 3 is 2.48 bits per heavy atom. The van der Waals surface area contributed by atoms with Crippen LogP contribution in [-0.2, 0) is 14.3 Å². The van der Waals surface area contributed by atoms with Gasteiger partial charge in [0.05, 0.1) is 17.3 Å². The maximum atomic E-state index is 12.5. The number of carbonyl (C=O) groups excluding carboxylic acids is 3. The van der Waals surface area contributed by atoms with Crippen LogP contribution in [0.25, 0.3) is 11.1 Å². The second-order valence-electron chi connectivity index (χ2n) is 6.88. The van der Waals surface area contributed by atoms with E-state index in [0.717, 1.165) is 16.7 Å². The number of amides is 2. The predicted molar refractivity (Wildman–Crippen MR) is 122 cm³/mol. The average molecular weight is 457 g/mol. The quantitative estimate of drug-likeness (QED) is 0.526. The number of halogens is 1. The lowest BCUT2D eigenvalue weighted by Gasteiger charge is -2.17. The number of thiophene rings is 1. The fourth-order valence-corrected chi connectivity index (χ4v) is 3.78. The van der Waals surface area contributed by atoms with Crippen LogP contribution in [-0.4, -0.2) is 42.9 Å². The maximum absolute atomic E-state index is 12.5. The van der Waals surface area contributed by atoms with E-state index in [2.05, 4.69) is 5.32 Å². The van der Waals surface area contributed by atoms with E-state index in [9.17, 15) is 14.4 Å². The molecule has 3 rings (SSSR count). The molecule has 0 saturated carbocycles. The highest BCUT2D eigenvalue weighted by Crippen LogP contribution is 2.29. The standard InChI is InChI=1S/C23H21ClN2O4S/c1-15-7-9-16(10-8-15)17-11-12-31-22(17)23(29)30-14-21(28)26(2)13-20(27)25-19-6-4-3-5-18(19)24/h3-12H,13-14H2,1-2H3,(H,25,27). The first-order valence-electron chi connectivity index (χ1n) is 9.45. The van der Waals surface area contributed by atoms with Crippen molar-refractivity contribution in [2.75, 3.05) is 25.5 Å². The number of benzene rings is 2. The molecule has 0 radical (unpaired) electrons. The minimum Gasteiger partial charge on any atom is -0.451 e. The zero-order chi connectivity index (χ0) is 22.4. The van der Waals surface area contributed by atoms with Gasteiger partial charge in [-0.15, -0.1) is 11.3 Å². The van der Waals surface area contributed by atoms with Crippen LogP contribution in [0.5, 0.6) is 0 Å². The van der Waals surface area contributed by atoms with E-state index in [1.165, 1.54) is 23.3 Å². The van der Waals surface area contributed by atoms with Crippen molar-refractivity contribution in [1.29, 1.82) is 0 Å². The summed E-state index contributed by atoms with van der Waals surface area (Å²) in [7, 11) is 1.46. The van der Waals surface area contributed by atoms with Crippen LogP contribution in [0.4, 0.5) is 5.69 Å². The zero-order valence-corrected chi connectivity index (χ0v) is 18.6. The molecular weight excluding hydrogens is 436 g/mol. The number of anilines is 1. The van der Waals surface area contributed by atoms with Crippen molar-refractivity contribution in [1.82, 2.24) is 4.90 Å². The van der Waals surface area contributed by atoms with E-state index in [-0.39, 0.29) is 6.54 Å². The molecule has 0 bridgehead atoms. The number of likely N-dealkylation sites (N-methyl/N-ethyl adjacent to an activating group) is 1. The van der Waals surface area contributed by atoms with E-state index in [4.69, 9.17) is 16.3 Å². The van der Waals surface area contributed by atoms with E-state index in [0.29, 0.717) is 15.6 Å². The Bertz CT molecular complexity index is 1090. The van der Waals surface area contributed by atoms with Gasteiger partial charge >= 0.3 is 5.97 Å². The average Bonchev–Trinajstić information content (AvgIpc) is 3.24. The smallest absolute Gasteiger partial charge is 0.349 e. The van der Waals surface area contributed by atoms with Gasteiger partial charge in [-0.3, -0.25) is 9.59 Å². The molecule has 0 fully saturated rings. The normalized spacial score (nSPS) is 10.4. The third-order valence-electron chi connectivity index (χ3n) is 4.49. The summed E-state index contributed by atoms with van der Waals surface area (Å²) in [4.78, 5) is 38.6. The van der Waals surface area contributed by atoms with Gasteiger partial charge in [-0.1, -0.05) is 53.6 Å². The van der Waals surface area contributed by atoms with E-state index < -0.39 is 24.4 Å². The molecular formula is C23H21ClN2O4S. The fourth-order valence-electron chi connectivity index (χ4n) is 2.79. The number of nitrogens with one attached hydrogen (secondary N) is 1. The lowest BCUT2D eigenvalue weighted by Crippen LogP contribution is -2.37. The molecule has 0 saturated heterocycles. The molecule has 0 unspecified atom stereocenters. The first kappa shape index (κ1) is 22.5. The van der Waals surface area contributed by atoms with Crippen LogP contribution in [0.2, 0.25) is 5.02 Å². The van der Waals surface area contributed by atoms with Crippen molar-refractivity contribution >= 4 is 46.4 Å². The number of nitrogens with zero attached hydrogens (tertiary/aromatic N) is 1. The van der Waals surface area contributed by atoms with Crippen molar-refractivity contribution in [3.8, 4) is 11.1 Å². The molecule has 2 amide bonds. The van der Waals surface area contributed by atoms with Gasteiger partial charge in [0.1, 0.15) is 4.88 Å². The number of esters is 1. The van der Waals surface area contributed by atoms with Crippen molar-refractivity contribution < 1.29 is 19.1 Å². The highest BCUT2D eigenvalue weighted by Gasteiger charge is 2.20. The summed E-state index contributed by atoms with van der Waals surface area (Å²) in [6, 6.07) is 16.5.